The van der Waals surface area contributed by atoms with Gasteiger partial charge >= 0.3 is 15.6 Å². The Morgan fingerprint density at radius 1 is 1.00 bits per heavy atom. The van der Waals surface area contributed by atoms with E-state index in [1.165, 1.54) is 0 Å². The van der Waals surface area contributed by atoms with Gasteiger partial charge in [-0.2, -0.15) is 4.31 Å². The van der Waals surface area contributed by atoms with E-state index in [0.717, 1.165) is 13.1 Å². The largest absolute Gasteiger partial charge is 0.478 e. The minimum atomic E-state index is -5.05. The Bertz CT molecular complexity index is 198. The zero-order valence-corrected chi connectivity index (χ0v) is 9.61. The van der Waals surface area contributed by atoms with Crippen LogP contribution in [0.3, 0.4) is 0 Å². The molecule has 0 amide bonds. The normalized spacial score (nSPS) is 11.9. The molecular formula is C4H15NO7P2. The van der Waals surface area contributed by atoms with Crippen molar-refractivity contribution in [3.05, 3.63) is 0 Å². The lowest BCUT2D eigenvalue weighted by Crippen LogP contribution is -2.09. The van der Waals surface area contributed by atoms with E-state index in [9.17, 15) is 9.13 Å². The van der Waals surface area contributed by atoms with Crippen LogP contribution in [-0.4, -0.2) is 32.7 Å². The number of hydrogen-bond donors (Lipinski definition) is 5. The molecule has 0 aliphatic rings. The summed E-state index contributed by atoms with van der Waals surface area (Å²) < 4.78 is 22.2. The summed E-state index contributed by atoms with van der Waals surface area (Å²) in [5.41, 5.74) is 0. The van der Waals surface area contributed by atoms with E-state index in [1.54, 1.807) is 0 Å². The molecular weight excluding hydrogens is 236 g/mol. The van der Waals surface area contributed by atoms with Gasteiger partial charge in [0.1, 0.15) is 0 Å². The monoisotopic (exact) mass is 251 g/mol. The van der Waals surface area contributed by atoms with Crippen molar-refractivity contribution in [1.82, 2.24) is 5.32 Å². The molecule has 0 aliphatic heterocycles. The van der Waals surface area contributed by atoms with Gasteiger partial charge in [0.25, 0.3) is 0 Å². The Morgan fingerprint density at radius 3 is 1.29 bits per heavy atom. The predicted octanol–water partition coefficient (Wildman–Crippen LogP) is -0.196. The maximum absolute atomic E-state index is 9.63. The third kappa shape index (κ3) is 22.8. The minimum Gasteiger partial charge on any atom is -0.317 e. The van der Waals surface area contributed by atoms with Gasteiger partial charge in [-0.15, -0.1) is 0 Å². The van der Waals surface area contributed by atoms with Crippen molar-refractivity contribution in [2.45, 2.75) is 13.8 Å². The minimum absolute atomic E-state index is 1.09. The molecule has 0 atom stereocenters. The number of phosphoric acid groups is 2. The third-order valence-corrected chi connectivity index (χ3v) is 2.41. The van der Waals surface area contributed by atoms with Crippen molar-refractivity contribution in [3.63, 3.8) is 0 Å². The number of nitrogens with one attached hydrogen (secondary N) is 1. The van der Waals surface area contributed by atoms with Crippen LogP contribution >= 0.6 is 15.6 Å². The van der Waals surface area contributed by atoms with E-state index in [2.05, 4.69) is 23.5 Å². The van der Waals surface area contributed by atoms with Gasteiger partial charge in [-0.3, -0.25) is 0 Å². The first-order valence-corrected chi connectivity index (χ1v) is 6.71. The quantitative estimate of drug-likeness (QED) is 0.433. The summed E-state index contributed by atoms with van der Waals surface area (Å²) in [6.07, 6.45) is 0. The second kappa shape index (κ2) is 7.50. The maximum Gasteiger partial charge on any atom is 0.478 e. The lowest BCUT2D eigenvalue weighted by molar-refractivity contribution is 0.225. The zero-order chi connectivity index (χ0) is 11.8. The van der Waals surface area contributed by atoms with Crippen LogP contribution in [0.15, 0.2) is 0 Å². The van der Waals surface area contributed by atoms with E-state index in [0.29, 0.717) is 0 Å². The molecule has 0 saturated carbocycles. The Balaban J connectivity index is 0. The summed E-state index contributed by atoms with van der Waals surface area (Å²) in [5, 5.41) is 3.11. The number of hydrogen-bond acceptors (Lipinski definition) is 4. The predicted molar refractivity (Wildman–Crippen MR) is 49.4 cm³/mol. The molecule has 0 spiro atoms. The molecule has 10 heteroatoms. The molecule has 0 aliphatic carbocycles. The van der Waals surface area contributed by atoms with Gasteiger partial charge in [-0.25, -0.2) is 9.13 Å². The highest BCUT2D eigenvalue weighted by atomic mass is 31.3. The molecule has 0 aromatic heterocycles. The van der Waals surface area contributed by atoms with Gasteiger partial charge in [0.2, 0.25) is 0 Å². The van der Waals surface area contributed by atoms with Crippen LogP contribution in [0.5, 0.6) is 0 Å². The van der Waals surface area contributed by atoms with E-state index in [4.69, 9.17) is 19.6 Å². The average molecular weight is 251 g/mol. The average Bonchev–Trinajstić information content (AvgIpc) is 1.81. The van der Waals surface area contributed by atoms with Gasteiger partial charge in [0.05, 0.1) is 0 Å². The van der Waals surface area contributed by atoms with Crippen molar-refractivity contribution in [2.75, 3.05) is 13.1 Å². The van der Waals surface area contributed by atoms with Crippen molar-refractivity contribution < 1.29 is 33.0 Å². The van der Waals surface area contributed by atoms with Crippen LogP contribution in [0.2, 0.25) is 0 Å². The molecule has 0 rings (SSSR count). The first-order valence-electron chi connectivity index (χ1n) is 3.65. The second-order valence-electron chi connectivity index (χ2n) is 2.02. The standard InChI is InChI=1S/C4H11N.H4O7P2/c1-3-5-4-2;1-8(2,3)7-9(4,5)6/h5H,3-4H2,1-2H3;(H2,1,2,3)(H2,4,5,6). The summed E-state index contributed by atoms with van der Waals surface area (Å²) in [7, 11) is -10.1. The third-order valence-electron chi connectivity index (χ3n) is 0.713. The molecule has 8 nitrogen and oxygen atoms in total. The van der Waals surface area contributed by atoms with Crippen LogP contribution < -0.4 is 5.32 Å². The van der Waals surface area contributed by atoms with Gasteiger partial charge in [0.15, 0.2) is 0 Å². The SMILES string of the molecule is CCNCC.O=P(O)(O)OP(=O)(O)O. The molecule has 0 heterocycles. The molecule has 0 saturated heterocycles. The van der Waals surface area contributed by atoms with E-state index < -0.39 is 15.6 Å². The smallest absolute Gasteiger partial charge is 0.317 e. The highest BCUT2D eigenvalue weighted by Crippen LogP contribution is 2.53. The van der Waals surface area contributed by atoms with Crippen LogP contribution in [0.25, 0.3) is 0 Å². The van der Waals surface area contributed by atoms with Gasteiger partial charge < -0.3 is 24.9 Å². The molecule has 0 aromatic carbocycles. The fourth-order valence-corrected chi connectivity index (χ4v) is 1.50. The summed E-state index contributed by atoms with van der Waals surface area (Å²) in [6, 6.07) is 0. The highest BCUT2D eigenvalue weighted by Gasteiger charge is 2.27. The summed E-state index contributed by atoms with van der Waals surface area (Å²) in [5.74, 6) is 0. The van der Waals surface area contributed by atoms with Crippen LogP contribution in [-0.2, 0) is 13.4 Å². The summed E-state index contributed by atoms with van der Waals surface area (Å²) >= 11 is 0. The fraction of sp³-hybridized carbons (Fsp3) is 1.00. The van der Waals surface area contributed by atoms with E-state index in [-0.39, 0.29) is 0 Å². The molecule has 0 bridgehead atoms. The Morgan fingerprint density at radius 2 is 1.29 bits per heavy atom. The van der Waals surface area contributed by atoms with Gasteiger partial charge in [-0.1, -0.05) is 13.8 Å². The van der Waals surface area contributed by atoms with Crippen molar-refractivity contribution in [3.8, 4) is 0 Å². The lowest BCUT2D eigenvalue weighted by Gasteiger charge is -2.03. The first-order chi connectivity index (χ1) is 6.12. The molecule has 0 radical (unpaired) electrons. The molecule has 0 fully saturated rings. The topological polar surface area (TPSA) is 136 Å². The van der Waals surface area contributed by atoms with E-state index in [1.807, 2.05) is 0 Å². The van der Waals surface area contributed by atoms with Crippen LogP contribution in [0.4, 0.5) is 0 Å². The molecule has 14 heavy (non-hydrogen) atoms. The van der Waals surface area contributed by atoms with Gasteiger partial charge in [0, 0.05) is 0 Å². The highest BCUT2D eigenvalue weighted by molar-refractivity contribution is 7.60. The van der Waals surface area contributed by atoms with Crippen LogP contribution in [0, 0.1) is 0 Å². The summed E-state index contributed by atoms with van der Waals surface area (Å²) in [4.78, 5) is 31.0. The zero-order valence-electron chi connectivity index (χ0n) is 7.82. The van der Waals surface area contributed by atoms with E-state index >= 15 is 0 Å². The number of rotatable bonds is 4. The second-order valence-corrected chi connectivity index (χ2v) is 4.64. The van der Waals surface area contributed by atoms with Crippen molar-refractivity contribution >= 4 is 15.6 Å². The molecule has 88 valence electrons. The Labute approximate surface area is 81.8 Å². The first kappa shape index (κ1) is 16.6. The molecule has 5 N–H and O–H groups in total. The lowest BCUT2D eigenvalue weighted by atomic mass is 10.7. The van der Waals surface area contributed by atoms with Gasteiger partial charge in [-0.05, 0) is 13.1 Å². The Kier molecular flexibility index (Phi) is 8.92. The Hall–Kier alpha value is 0.220. The van der Waals surface area contributed by atoms with Crippen LogP contribution in [0.1, 0.15) is 13.8 Å². The maximum atomic E-state index is 9.63. The molecule has 0 aromatic rings. The molecule has 0 unspecified atom stereocenters. The van der Waals surface area contributed by atoms with Crippen molar-refractivity contribution in [1.29, 1.82) is 0 Å². The fourth-order valence-electron chi connectivity index (χ4n) is 0.389. The summed E-state index contributed by atoms with van der Waals surface area (Å²) in [6.45, 7) is 6.39. The van der Waals surface area contributed by atoms with Crippen molar-refractivity contribution in [2.24, 2.45) is 0 Å².